The molecule has 2 rings (SSSR count). The van der Waals surface area contributed by atoms with Crippen LogP contribution in [0.2, 0.25) is 0 Å². The summed E-state index contributed by atoms with van der Waals surface area (Å²) >= 11 is 0. The van der Waals surface area contributed by atoms with Gasteiger partial charge in [-0.3, -0.25) is 24.7 Å². The zero-order valence-electron chi connectivity index (χ0n) is 10.6. The predicted molar refractivity (Wildman–Crippen MR) is 67.0 cm³/mol. The Bertz CT molecular complexity index is 528. The molecule has 19 heavy (non-hydrogen) atoms. The molecule has 0 bridgehead atoms. The van der Waals surface area contributed by atoms with Crippen LogP contribution >= 0.6 is 0 Å². The van der Waals surface area contributed by atoms with Gasteiger partial charge in [0.05, 0.1) is 12.1 Å². The van der Waals surface area contributed by atoms with E-state index in [-0.39, 0.29) is 24.7 Å². The summed E-state index contributed by atoms with van der Waals surface area (Å²) in [5, 5.41) is 4.82. The van der Waals surface area contributed by atoms with Gasteiger partial charge in [0, 0.05) is 12.6 Å². The highest BCUT2D eigenvalue weighted by molar-refractivity contribution is 6.01. The van der Waals surface area contributed by atoms with Crippen LogP contribution in [-0.4, -0.2) is 28.7 Å². The Morgan fingerprint density at radius 3 is 3.00 bits per heavy atom. The molecule has 6 heteroatoms. The van der Waals surface area contributed by atoms with Gasteiger partial charge in [-0.15, -0.1) is 0 Å². The number of hydrogen-bond acceptors (Lipinski definition) is 4. The zero-order valence-corrected chi connectivity index (χ0v) is 10.6. The third kappa shape index (κ3) is 3.37. The number of nitrogens with zero attached hydrogens (tertiary/aromatic N) is 1. The van der Waals surface area contributed by atoms with Crippen LogP contribution in [0.25, 0.3) is 0 Å². The number of amides is 3. The maximum Gasteiger partial charge on any atom is 0.249 e. The van der Waals surface area contributed by atoms with Crippen molar-refractivity contribution < 1.29 is 14.4 Å². The second kappa shape index (κ2) is 5.60. The van der Waals surface area contributed by atoms with E-state index in [1.807, 2.05) is 13.0 Å². The fourth-order valence-electron chi connectivity index (χ4n) is 1.93. The van der Waals surface area contributed by atoms with E-state index in [0.29, 0.717) is 12.1 Å². The smallest absolute Gasteiger partial charge is 0.249 e. The van der Waals surface area contributed by atoms with Gasteiger partial charge in [0.1, 0.15) is 6.04 Å². The van der Waals surface area contributed by atoms with Crippen molar-refractivity contribution in [3.05, 3.63) is 29.6 Å². The summed E-state index contributed by atoms with van der Waals surface area (Å²) in [6.45, 7) is 1.88. The standard InChI is InChI=1S/C13H15N3O3/c1-8-3-2-6-14-10(8)7-12(18)15-9-4-5-11(17)16-13(9)19/h2-3,6,9H,4-5,7H2,1H3,(H,15,18)(H,16,17,19). The minimum Gasteiger partial charge on any atom is -0.344 e. The first-order valence-electron chi connectivity index (χ1n) is 6.10. The Labute approximate surface area is 110 Å². The van der Waals surface area contributed by atoms with Gasteiger partial charge in [-0.1, -0.05) is 6.07 Å². The molecule has 0 spiro atoms. The lowest BCUT2D eigenvalue weighted by molar-refractivity contribution is -0.137. The molecule has 1 saturated heterocycles. The van der Waals surface area contributed by atoms with Crippen molar-refractivity contribution in [3.63, 3.8) is 0 Å². The molecule has 0 aliphatic carbocycles. The molecule has 0 radical (unpaired) electrons. The van der Waals surface area contributed by atoms with Crippen LogP contribution in [0.4, 0.5) is 0 Å². The highest BCUT2D eigenvalue weighted by Gasteiger charge is 2.27. The van der Waals surface area contributed by atoms with Crippen molar-refractivity contribution in [2.24, 2.45) is 0 Å². The van der Waals surface area contributed by atoms with Gasteiger partial charge in [-0.2, -0.15) is 0 Å². The number of carbonyl (C=O) groups is 3. The van der Waals surface area contributed by atoms with Crippen LogP contribution in [0.15, 0.2) is 18.3 Å². The number of hydrogen-bond donors (Lipinski definition) is 2. The number of nitrogens with one attached hydrogen (secondary N) is 2. The first-order valence-corrected chi connectivity index (χ1v) is 6.10. The van der Waals surface area contributed by atoms with Gasteiger partial charge in [0.2, 0.25) is 17.7 Å². The van der Waals surface area contributed by atoms with E-state index in [9.17, 15) is 14.4 Å². The highest BCUT2D eigenvalue weighted by Crippen LogP contribution is 2.07. The van der Waals surface area contributed by atoms with Gasteiger partial charge >= 0.3 is 0 Å². The second-order valence-electron chi connectivity index (χ2n) is 4.51. The van der Waals surface area contributed by atoms with Crippen LogP contribution in [-0.2, 0) is 20.8 Å². The molecule has 1 unspecified atom stereocenters. The molecule has 0 saturated carbocycles. The first-order chi connectivity index (χ1) is 9.06. The molecule has 1 atom stereocenters. The maximum atomic E-state index is 11.8. The van der Waals surface area contributed by atoms with E-state index in [1.165, 1.54) is 0 Å². The fourth-order valence-corrected chi connectivity index (χ4v) is 1.93. The quantitative estimate of drug-likeness (QED) is 0.741. The van der Waals surface area contributed by atoms with E-state index >= 15 is 0 Å². The number of rotatable bonds is 3. The Kier molecular flexibility index (Phi) is 3.89. The molecule has 3 amide bonds. The normalized spacial score (nSPS) is 18.9. The number of imide groups is 1. The number of aryl methyl sites for hydroxylation is 1. The molecular formula is C13H15N3O3. The summed E-state index contributed by atoms with van der Waals surface area (Å²) in [6.07, 6.45) is 2.35. The lowest BCUT2D eigenvalue weighted by Gasteiger charge is -2.21. The third-order valence-electron chi connectivity index (χ3n) is 3.02. The molecule has 1 aromatic heterocycles. The second-order valence-corrected chi connectivity index (χ2v) is 4.51. The summed E-state index contributed by atoms with van der Waals surface area (Å²) in [7, 11) is 0. The largest absolute Gasteiger partial charge is 0.344 e. The van der Waals surface area contributed by atoms with E-state index in [1.54, 1.807) is 12.3 Å². The van der Waals surface area contributed by atoms with Crippen molar-refractivity contribution in [3.8, 4) is 0 Å². The maximum absolute atomic E-state index is 11.8. The summed E-state index contributed by atoms with van der Waals surface area (Å²) in [5.74, 6) is -1.00. The monoisotopic (exact) mass is 261 g/mol. The molecule has 1 aliphatic heterocycles. The lowest BCUT2D eigenvalue weighted by atomic mass is 10.1. The minimum atomic E-state index is -0.630. The van der Waals surface area contributed by atoms with E-state index in [4.69, 9.17) is 0 Å². The van der Waals surface area contributed by atoms with Gasteiger partial charge in [0.15, 0.2) is 0 Å². The average Bonchev–Trinajstić information content (AvgIpc) is 2.36. The van der Waals surface area contributed by atoms with Crippen LogP contribution in [0.5, 0.6) is 0 Å². The minimum absolute atomic E-state index is 0.129. The summed E-state index contributed by atoms with van der Waals surface area (Å²) in [4.78, 5) is 38.5. The van der Waals surface area contributed by atoms with Crippen LogP contribution in [0.1, 0.15) is 24.1 Å². The van der Waals surface area contributed by atoms with Crippen molar-refractivity contribution in [1.29, 1.82) is 0 Å². The fraction of sp³-hybridized carbons (Fsp3) is 0.385. The summed E-state index contributed by atoms with van der Waals surface area (Å²) in [6, 6.07) is 3.05. The van der Waals surface area contributed by atoms with Crippen molar-refractivity contribution in [1.82, 2.24) is 15.6 Å². The molecule has 2 N–H and O–H groups in total. The van der Waals surface area contributed by atoms with Crippen molar-refractivity contribution in [2.75, 3.05) is 0 Å². The van der Waals surface area contributed by atoms with E-state index in [0.717, 1.165) is 5.56 Å². The molecule has 6 nitrogen and oxygen atoms in total. The summed E-state index contributed by atoms with van der Waals surface area (Å²) in [5.41, 5.74) is 1.62. The number of pyridine rings is 1. The molecule has 1 aliphatic rings. The number of piperidine rings is 1. The first kappa shape index (κ1) is 13.2. The lowest BCUT2D eigenvalue weighted by Crippen LogP contribution is -2.52. The Hall–Kier alpha value is -2.24. The number of aromatic nitrogens is 1. The van der Waals surface area contributed by atoms with E-state index < -0.39 is 11.9 Å². The zero-order chi connectivity index (χ0) is 13.8. The Balaban J connectivity index is 1.93. The van der Waals surface area contributed by atoms with Gasteiger partial charge in [-0.25, -0.2) is 0 Å². The average molecular weight is 261 g/mol. The number of carbonyl (C=O) groups excluding carboxylic acids is 3. The topological polar surface area (TPSA) is 88.2 Å². The van der Waals surface area contributed by atoms with Crippen LogP contribution in [0.3, 0.4) is 0 Å². The summed E-state index contributed by atoms with van der Waals surface area (Å²) < 4.78 is 0. The molecule has 1 fully saturated rings. The molecular weight excluding hydrogens is 246 g/mol. The Morgan fingerprint density at radius 1 is 1.53 bits per heavy atom. The highest BCUT2D eigenvalue weighted by atomic mass is 16.2. The van der Waals surface area contributed by atoms with Gasteiger partial charge < -0.3 is 5.32 Å². The van der Waals surface area contributed by atoms with E-state index in [2.05, 4.69) is 15.6 Å². The van der Waals surface area contributed by atoms with Crippen LogP contribution in [0, 0.1) is 6.92 Å². The molecule has 1 aromatic rings. The third-order valence-corrected chi connectivity index (χ3v) is 3.02. The predicted octanol–water partition coefficient (Wildman–Crippen LogP) is -0.146. The molecule has 2 heterocycles. The van der Waals surface area contributed by atoms with Crippen molar-refractivity contribution >= 4 is 17.7 Å². The molecule has 100 valence electrons. The van der Waals surface area contributed by atoms with Crippen LogP contribution < -0.4 is 10.6 Å². The molecule has 0 aromatic carbocycles. The van der Waals surface area contributed by atoms with Gasteiger partial charge in [-0.05, 0) is 25.0 Å². The van der Waals surface area contributed by atoms with Gasteiger partial charge in [0.25, 0.3) is 0 Å². The SMILES string of the molecule is Cc1cccnc1CC(=O)NC1CCC(=O)NC1=O. The van der Waals surface area contributed by atoms with Crippen molar-refractivity contribution in [2.45, 2.75) is 32.2 Å². The Morgan fingerprint density at radius 2 is 2.32 bits per heavy atom.